The molecule has 0 bridgehead atoms. The van der Waals surface area contributed by atoms with Gasteiger partial charge in [-0.3, -0.25) is 4.79 Å². The summed E-state index contributed by atoms with van der Waals surface area (Å²) in [4.78, 5) is 19.0. The van der Waals surface area contributed by atoms with E-state index >= 15 is 0 Å². The van der Waals surface area contributed by atoms with Crippen LogP contribution >= 0.6 is 24.8 Å². The summed E-state index contributed by atoms with van der Waals surface area (Å²) < 4.78 is 14.7. The Morgan fingerprint density at radius 3 is 2.64 bits per heavy atom. The number of amides is 1. The lowest BCUT2D eigenvalue weighted by Gasteiger charge is -2.26. The number of pyridine rings is 1. The van der Waals surface area contributed by atoms with Crippen molar-refractivity contribution in [3.63, 3.8) is 0 Å². The highest BCUT2D eigenvalue weighted by Crippen LogP contribution is 2.25. The number of anilines is 2. The summed E-state index contributed by atoms with van der Waals surface area (Å²) in [6, 6.07) is 7.36. The molecule has 1 aromatic heterocycles. The Balaban J connectivity index is 0.00000196. The quantitative estimate of drug-likeness (QED) is 0.748. The van der Waals surface area contributed by atoms with Crippen molar-refractivity contribution < 1.29 is 9.18 Å². The van der Waals surface area contributed by atoms with Gasteiger partial charge in [-0.2, -0.15) is 0 Å². The molecule has 2 heterocycles. The van der Waals surface area contributed by atoms with Crippen LogP contribution in [0.15, 0.2) is 30.5 Å². The monoisotopic (exact) mass is 428 g/mol. The average molecular weight is 429 g/mol. The third kappa shape index (κ3) is 5.13. The SMILES string of the molecule is CCN(c1ccc(C(=O)Nc2ccc3c(c2F)CCNC3)cn1)C(C)C.Cl.Cl. The Kier molecular flexibility index (Phi) is 9.14. The first-order valence-corrected chi connectivity index (χ1v) is 9.06. The summed E-state index contributed by atoms with van der Waals surface area (Å²) in [6.07, 6.45) is 2.17. The van der Waals surface area contributed by atoms with Crippen LogP contribution in [0.2, 0.25) is 0 Å². The molecule has 5 nitrogen and oxygen atoms in total. The average Bonchev–Trinajstić information content (AvgIpc) is 2.65. The number of halogens is 3. The van der Waals surface area contributed by atoms with Crippen molar-refractivity contribution in [3.8, 4) is 0 Å². The highest BCUT2D eigenvalue weighted by atomic mass is 35.5. The van der Waals surface area contributed by atoms with E-state index in [-0.39, 0.29) is 42.2 Å². The van der Waals surface area contributed by atoms with Crippen LogP contribution in [0.4, 0.5) is 15.9 Å². The number of nitrogens with zero attached hydrogens (tertiary/aromatic N) is 2. The van der Waals surface area contributed by atoms with Crippen LogP contribution in [0.3, 0.4) is 0 Å². The molecule has 0 radical (unpaired) electrons. The Morgan fingerprint density at radius 2 is 2.04 bits per heavy atom. The van der Waals surface area contributed by atoms with Gasteiger partial charge in [-0.25, -0.2) is 9.37 Å². The number of hydrogen-bond donors (Lipinski definition) is 2. The molecule has 0 atom stereocenters. The van der Waals surface area contributed by atoms with Gasteiger partial charge in [0.2, 0.25) is 0 Å². The minimum absolute atomic E-state index is 0. The van der Waals surface area contributed by atoms with Gasteiger partial charge < -0.3 is 15.5 Å². The van der Waals surface area contributed by atoms with Crippen LogP contribution in [0.5, 0.6) is 0 Å². The molecule has 1 aliphatic rings. The molecule has 1 aromatic carbocycles. The van der Waals surface area contributed by atoms with Crippen molar-refractivity contribution in [2.45, 2.75) is 39.8 Å². The summed E-state index contributed by atoms with van der Waals surface area (Å²) in [6.45, 7) is 8.51. The van der Waals surface area contributed by atoms with Gasteiger partial charge in [0.05, 0.1) is 11.3 Å². The van der Waals surface area contributed by atoms with Gasteiger partial charge in [-0.05, 0) is 63.1 Å². The first kappa shape index (κ1) is 24.1. The van der Waals surface area contributed by atoms with E-state index in [9.17, 15) is 9.18 Å². The standard InChI is InChI=1S/C20H25FN4O.2ClH/c1-4-25(13(2)3)18-8-6-15(12-23-18)20(26)24-17-7-5-14-11-22-10-9-16(14)19(17)21;;/h5-8,12-13,22H,4,9-11H2,1-3H3,(H,24,26);2*1H. The fourth-order valence-corrected chi connectivity index (χ4v) is 3.31. The molecule has 0 aliphatic carbocycles. The van der Waals surface area contributed by atoms with Gasteiger partial charge in [0.25, 0.3) is 5.91 Å². The summed E-state index contributed by atoms with van der Waals surface area (Å²) in [7, 11) is 0. The summed E-state index contributed by atoms with van der Waals surface area (Å²) in [5.41, 5.74) is 2.26. The normalized spacial score (nSPS) is 12.5. The van der Waals surface area contributed by atoms with Gasteiger partial charge in [0.1, 0.15) is 11.6 Å². The molecule has 8 heteroatoms. The number of nitrogens with one attached hydrogen (secondary N) is 2. The number of fused-ring (bicyclic) bond motifs is 1. The number of carbonyl (C=O) groups excluding carboxylic acids is 1. The van der Waals surface area contributed by atoms with Crippen molar-refractivity contribution in [2.75, 3.05) is 23.3 Å². The van der Waals surface area contributed by atoms with Crippen molar-refractivity contribution in [1.29, 1.82) is 0 Å². The smallest absolute Gasteiger partial charge is 0.257 e. The minimum Gasteiger partial charge on any atom is -0.354 e. The molecule has 28 heavy (non-hydrogen) atoms. The zero-order valence-corrected chi connectivity index (χ0v) is 17.9. The van der Waals surface area contributed by atoms with Crippen LogP contribution in [0, 0.1) is 5.82 Å². The van der Waals surface area contributed by atoms with E-state index in [1.54, 1.807) is 12.1 Å². The predicted molar refractivity (Wildman–Crippen MR) is 117 cm³/mol. The zero-order valence-electron chi connectivity index (χ0n) is 16.3. The summed E-state index contributed by atoms with van der Waals surface area (Å²) >= 11 is 0. The predicted octanol–water partition coefficient (Wildman–Crippen LogP) is 4.20. The molecular formula is C20H27Cl2FN4O. The third-order valence-corrected chi connectivity index (χ3v) is 4.72. The molecular weight excluding hydrogens is 402 g/mol. The van der Waals surface area contributed by atoms with Gasteiger partial charge >= 0.3 is 0 Å². The summed E-state index contributed by atoms with van der Waals surface area (Å²) in [5.74, 6) is 0.134. The van der Waals surface area contributed by atoms with Gasteiger partial charge in [0.15, 0.2) is 0 Å². The van der Waals surface area contributed by atoms with Crippen LogP contribution in [-0.2, 0) is 13.0 Å². The minimum atomic E-state index is -0.357. The van der Waals surface area contributed by atoms with E-state index in [4.69, 9.17) is 0 Å². The Labute approximate surface area is 177 Å². The van der Waals surface area contributed by atoms with E-state index in [1.165, 1.54) is 6.20 Å². The van der Waals surface area contributed by atoms with E-state index in [2.05, 4.69) is 41.3 Å². The van der Waals surface area contributed by atoms with Crippen LogP contribution < -0.4 is 15.5 Å². The second-order valence-electron chi connectivity index (χ2n) is 6.73. The van der Waals surface area contributed by atoms with Crippen molar-refractivity contribution in [1.82, 2.24) is 10.3 Å². The fraction of sp³-hybridized carbons (Fsp3) is 0.400. The lowest BCUT2D eigenvalue weighted by molar-refractivity contribution is 0.102. The van der Waals surface area contributed by atoms with Crippen LogP contribution in [0.25, 0.3) is 0 Å². The second-order valence-corrected chi connectivity index (χ2v) is 6.73. The fourth-order valence-electron chi connectivity index (χ4n) is 3.31. The first-order chi connectivity index (χ1) is 12.5. The van der Waals surface area contributed by atoms with Gasteiger partial charge in [-0.15, -0.1) is 24.8 Å². The molecule has 0 unspecified atom stereocenters. The van der Waals surface area contributed by atoms with Gasteiger partial charge in [0, 0.05) is 25.3 Å². The van der Waals surface area contributed by atoms with E-state index in [1.807, 2.05) is 12.1 Å². The van der Waals surface area contributed by atoms with E-state index < -0.39 is 0 Å². The lowest BCUT2D eigenvalue weighted by Crippen LogP contribution is -2.31. The molecule has 2 aromatic rings. The highest BCUT2D eigenvalue weighted by molar-refractivity contribution is 6.04. The molecule has 0 saturated heterocycles. The number of aromatic nitrogens is 1. The van der Waals surface area contributed by atoms with Gasteiger partial charge in [-0.1, -0.05) is 6.07 Å². The Morgan fingerprint density at radius 1 is 1.29 bits per heavy atom. The number of hydrogen-bond acceptors (Lipinski definition) is 4. The number of benzene rings is 1. The van der Waals surface area contributed by atoms with Crippen LogP contribution in [-0.4, -0.2) is 30.0 Å². The molecule has 0 fully saturated rings. The maximum Gasteiger partial charge on any atom is 0.257 e. The van der Waals surface area contributed by atoms with Crippen molar-refractivity contribution in [3.05, 3.63) is 53.0 Å². The number of rotatable bonds is 5. The number of carbonyl (C=O) groups is 1. The topological polar surface area (TPSA) is 57.3 Å². The molecule has 1 amide bonds. The van der Waals surface area contributed by atoms with Crippen molar-refractivity contribution in [2.24, 2.45) is 0 Å². The van der Waals surface area contributed by atoms with Crippen LogP contribution in [0.1, 0.15) is 42.3 Å². The Bertz CT molecular complexity index is 800. The lowest BCUT2D eigenvalue weighted by atomic mass is 9.99. The van der Waals surface area contributed by atoms with Crippen molar-refractivity contribution >= 4 is 42.2 Å². The first-order valence-electron chi connectivity index (χ1n) is 9.06. The molecule has 0 spiro atoms. The third-order valence-electron chi connectivity index (χ3n) is 4.72. The maximum absolute atomic E-state index is 14.7. The molecule has 3 rings (SSSR count). The summed E-state index contributed by atoms with van der Waals surface area (Å²) in [5, 5.41) is 5.89. The molecule has 2 N–H and O–H groups in total. The highest BCUT2D eigenvalue weighted by Gasteiger charge is 2.18. The maximum atomic E-state index is 14.7. The molecule has 0 saturated carbocycles. The molecule has 154 valence electrons. The van der Waals surface area contributed by atoms with E-state index in [0.29, 0.717) is 30.1 Å². The van der Waals surface area contributed by atoms with E-state index in [0.717, 1.165) is 24.5 Å². The molecule has 1 aliphatic heterocycles. The second kappa shape index (κ2) is 10.6. The largest absolute Gasteiger partial charge is 0.354 e. The zero-order chi connectivity index (χ0) is 18.7. The Hall–Kier alpha value is -1.89.